The highest BCUT2D eigenvalue weighted by atomic mass is 32.2. The molecule has 1 aliphatic heterocycles. The summed E-state index contributed by atoms with van der Waals surface area (Å²) in [6.45, 7) is 1.90. The van der Waals surface area contributed by atoms with Crippen molar-refractivity contribution in [3.63, 3.8) is 0 Å². The molecule has 3 aromatic rings. The van der Waals surface area contributed by atoms with Crippen LogP contribution in [-0.2, 0) is 11.8 Å². The molecular weight excluding hydrogens is 388 g/mol. The number of ether oxygens (including phenoxy) is 1. The second kappa shape index (κ2) is 8.08. The average molecular weight is 408 g/mol. The molecule has 4 rings (SSSR count). The van der Waals surface area contributed by atoms with E-state index in [0.717, 1.165) is 0 Å². The molecule has 0 N–H and O–H groups in total. The molecule has 0 bridgehead atoms. The minimum Gasteiger partial charge on any atom is -0.482 e. The topological polar surface area (TPSA) is 77.3 Å². The van der Waals surface area contributed by atoms with Crippen LogP contribution in [0.5, 0.6) is 5.75 Å². The first-order chi connectivity index (χ1) is 14.1. The van der Waals surface area contributed by atoms with Crippen LogP contribution in [0.3, 0.4) is 0 Å². The Morgan fingerprint density at radius 1 is 1.14 bits per heavy atom. The van der Waals surface area contributed by atoms with E-state index in [2.05, 4.69) is 10.2 Å². The highest BCUT2D eigenvalue weighted by Gasteiger charge is 2.32. The number of rotatable bonds is 6. The lowest BCUT2D eigenvalue weighted by atomic mass is 10.1. The van der Waals surface area contributed by atoms with E-state index in [-0.39, 0.29) is 30.1 Å². The van der Waals surface area contributed by atoms with Gasteiger partial charge in [-0.25, -0.2) is 0 Å². The summed E-state index contributed by atoms with van der Waals surface area (Å²) in [4.78, 5) is 26.6. The van der Waals surface area contributed by atoms with Gasteiger partial charge in [-0.15, -0.1) is 10.2 Å². The summed E-state index contributed by atoms with van der Waals surface area (Å²) in [6.07, 6.45) is 0. The van der Waals surface area contributed by atoms with Gasteiger partial charge in [0.1, 0.15) is 5.75 Å². The van der Waals surface area contributed by atoms with Crippen LogP contribution in [0.15, 0.2) is 59.8 Å². The normalized spacial score (nSPS) is 14.3. The van der Waals surface area contributed by atoms with Gasteiger partial charge < -0.3 is 9.30 Å². The van der Waals surface area contributed by atoms with Crippen LogP contribution < -0.4 is 9.64 Å². The van der Waals surface area contributed by atoms with Gasteiger partial charge in [-0.1, -0.05) is 54.2 Å². The lowest BCUT2D eigenvalue weighted by molar-refractivity contribution is -0.121. The molecule has 1 aliphatic rings. The largest absolute Gasteiger partial charge is 0.482 e. The molecular formula is C21H20N4O3S. The summed E-state index contributed by atoms with van der Waals surface area (Å²) >= 11 is 1.33. The number of aromatic nitrogens is 3. The van der Waals surface area contributed by atoms with Crippen LogP contribution >= 0.6 is 11.8 Å². The molecule has 0 radical (unpaired) electrons. The number of fused-ring (bicyclic) bond motifs is 1. The lowest BCUT2D eigenvalue weighted by Crippen LogP contribution is -2.41. The maximum absolute atomic E-state index is 12.6. The van der Waals surface area contributed by atoms with Crippen molar-refractivity contribution in [1.82, 2.24) is 14.8 Å². The van der Waals surface area contributed by atoms with Gasteiger partial charge in [0.2, 0.25) is 0 Å². The number of carbonyl (C=O) groups excluding carboxylic acids is 2. The minimum absolute atomic E-state index is 0.00755. The van der Waals surface area contributed by atoms with Gasteiger partial charge in [0.05, 0.1) is 17.5 Å². The second-order valence-electron chi connectivity index (χ2n) is 6.67. The maximum atomic E-state index is 12.6. The first-order valence-electron chi connectivity index (χ1n) is 9.20. The molecule has 7 nitrogen and oxygen atoms in total. The Morgan fingerprint density at radius 2 is 1.86 bits per heavy atom. The van der Waals surface area contributed by atoms with Crippen molar-refractivity contribution in [2.75, 3.05) is 17.3 Å². The molecule has 2 aromatic carbocycles. The Kier molecular flexibility index (Phi) is 5.35. The maximum Gasteiger partial charge on any atom is 0.265 e. The number of hydrogen-bond acceptors (Lipinski definition) is 6. The number of carbonyl (C=O) groups is 2. The predicted octanol–water partition coefficient (Wildman–Crippen LogP) is 3.28. The van der Waals surface area contributed by atoms with Gasteiger partial charge in [-0.3, -0.25) is 14.5 Å². The summed E-state index contributed by atoms with van der Waals surface area (Å²) in [7, 11) is 1.85. The average Bonchev–Trinajstić information content (AvgIpc) is 3.12. The molecule has 148 valence electrons. The fourth-order valence-electron chi connectivity index (χ4n) is 3.31. The number of Topliss-reactive ketones (excluding diaryl/α,β-unsaturated/α-hetero) is 1. The van der Waals surface area contributed by atoms with E-state index in [0.29, 0.717) is 28.0 Å². The summed E-state index contributed by atoms with van der Waals surface area (Å²) in [5.41, 5.74) is 1.39. The molecule has 0 aliphatic carbocycles. The first kappa shape index (κ1) is 19.2. The minimum atomic E-state index is -0.329. The van der Waals surface area contributed by atoms with E-state index in [1.54, 1.807) is 17.0 Å². The molecule has 0 saturated carbocycles. The second-order valence-corrected chi connectivity index (χ2v) is 7.62. The van der Waals surface area contributed by atoms with Gasteiger partial charge in [0, 0.05) is 12.6 Å². The summed E-state index contributed by atoms with van der Waals surface area (Å²) in [5, 5.41) is 9.16. The molecule has 0 fully saturated rings. The third-order valence-electron chi connectivity index (χ3n) is 4.80. The summed E-state index contributed by atoms with van der Waals surface area (Å²) < 4.78 is 7.35. The number of ketones is 1. The fourth-order valence-corrected chi connectivity index (χ4v) is 4.13. The van der Waals surface area contributed by atoms with Crippen molar-refractivity contribution >= 4 is 29.1 Å². The van der Waals surface area contributed by atoms with E-state index in [1.807, 2.05) is 61.0 Å². The van der Waals surface area contributed by atoms with Crippen molar-refractivity contribution in [2.45, 2.75) is 18.1 Å². The van der Waals surface area contributed by atoms with Crippen LogP contribution in [0.1, 0.15) is 29.1 Å². The molecule has 1 aromatic heterocycles. The Morgan fingerprint density at radius 3 is 2.66 bits per heavy atom. The highest BCUT2D eigenvalue weighted by molar-refractivity contribution is 7.99. The zero-order valence-electron chi connectivity index (χ0n) is 16.1. The van der Waals surface area contributed by atoms with Crippen LogP contribution in [0.25, 0.3) is 0 Å². The number of thioether (sulfide) groups is 1. The Bertz CT molecular complexity index is 1050. The number of amides is 1. The van der Waals surface area contributed by atoms with Crippen molar-refractivity contribution in [2.24, 2.45) is 7.05 Å². The predicted molar refractivity (Wildman–Crippen MR) is 110 cm³/mol. The zero-order valence-corrected chi connectivity index (χ0v) is 16.9. The third kappa shape index (κ3) is 3.75. The number of anilines is 1. The molecule has 0 saturated heterocycles. The smallest absolute Gasteiger partial charge is 0.265 e. The fraction of sp³-hybridized carbons (Fsp3) is 0.238. The molecule has 8 heteroatoms. The van der Waals surface area contributed by atoms with Gasteiger partial charge in [-0.2, -0.15) is 0 Å². The quantitative estimate of drug-likeness (QED) is 0.460. The number of hydrogen-bond donors (Lipinski definition) is 0. The number of benzene rings is 2. The van der Waals surface area contributed by atoms with Gasteiger partial charge >= 0.3 is 0 Å². The Balaban J connectivity index is 1.53. The standard InChI is InChI=1S/C21H20N4O3S/c1-14(25-16-10-6-7-11-18(16)28-12-19(25)27)20-22-23-21(24(20)2)29-13-17(26)15-8-4-3-5-9-15/h3-11,14H,12-13H2,1-2H3/t14-/m1/s1. The van der Waals surface area contributed by atoms with E-state index in [4.69, 9.17) is 4.74 Å². The first-order valence-corrected chi connectivity index (χ1v) is 10.2. The highest BCUT2D eigenvalue weighted by Crippen LogP contribution is 2.37. The SMILES string of the molecule is C[C@H](c1nnc(SCC(=O)c2ccccc2)n1C)N1C(=O)COc2ccccc21. The number of nitrogens with zero attached hydrogens (tertiary/aromatic N) is 4. The van der Waals surface area contributed by atoms with Crippen LogP contribution in [-0.4, -0.2) is 38.8 Å². The van der Waals surface area contributed by atoms with E-state index in [9.17, 15) is 9.59 Å². The van der Waals surface area contributed by atoms with E-state index < -0.39 is 0 Å². The van der Waals surface area contributed by atoms with Gasteiger partial charge in [-0.05, 0) is 19.1 Å². The number of para-hydroxylation sites is 2. The van der Waals surface area contributed by atoms with Crippen molar-refractivity contribution in [3.05, 3.63) is 66.0 Å². The van der Waals surface area contributed by atoms with Crippen molar-refractivity contribution in [3.8, 4) is 5.75 Å². The third-order valence-corrected chi connectivity index (χ3v) is 5.82. The monoisotopic (exact) mass is 408 g/mol. The molecule has 1 atom stereocenters. The van der Waals surface area contributed by atoms with Crippen LogP contribution in [0, 0.1) is 0 Å². The zero-order chi connectivity index (χ0) is 20.4. The van der Waals surface area contributed by atoms with E-state index >= 15 is 0 Å². The molecule has 2 heterocycles. The van der Waals surface area contributed by atoms with Crippen molar-refractivity contribution < 1.29 is 14.3 Å². The van der Waals surface area contributed by atoms with Crippen LogP contribution in [0.2, 0.25) is 0 Å². The molecule has 1 amide bonds. The molecule has 0 spiro atoms. The lowest BCUT2D eigenvalue weighted by Gasteiger charge is -2.33. The Labute approximate surface area is 172 Å². The van der Waals surface area contributed by atoms with Crippen LogP contribution in [0.4, 0.5) is 5.69 Å². The van der Waals surface area contributed by atoms with Gasteiger partial charge in [0.25, 0.3) is 5.91 Å². The summed E-state index contributed by atoms with van der Waals surface area (Å²) in [5.74, 6) is 1.48. The molecule has 0 unspecified atom stereocenters. The summed E-state index contributed by atoms with van der Waals surface area (Å²) in [6, 6.07) is 16.3. The van der Waals surface area contributed by atoms with Gasteiger partial charge in [0.15, 0.2) is 23.4 Å². The van der Waals surface area contributed by atoms with Crippen molar-refractivity contribution in [1.29, 1.82) is 0 Å². The molecule has 29 heavy (non-hydrogen) atoms. The Hall–Kier alpha value is -3.13. The van der Waals surface area contributed by atoms with E-state index in [1.165, 1.54) is 11.8 Å².